The third-order valence-corrected chi connectivity index (χ3v) is 3.86. The number of nitrogens with one attached hydrogen (secondary N) is 1. The molecule has 0 saturated carbocycles. The minimum atomic E-state index is -0.450. The molecular weight excluding hydrogens is 332 g/mol. The minimum Gasteiger partial charge on any atom is -0.493 e. The number of hydrogen-bond donors (Lipinski definition) is 1. The minimum absolute atomic E-state index is 0.450. The molecule has 2 aromatic carbocycles. The lowest BCUT2D eigenvalue weighted by molar-refractivity contribution is 0.324. The van der Waals surface area contributed by atoms with Crippen LogP contribution in [-0.4, -0.2) is 31.3 Å². The molecule has 124 valence electrons. The van der Waals surface area contributed by atoms with Crippen molar-refractivity contribution in [1.82, 2.24) is 9.97 Å². The number of H-pyrrole nitrogens is 1. The van der Waals surface area contributed by atoms with Gasteiger partial charge in [-0.2, -0.15) is 4.98 Å². The molecule has 0 unspecified atom stereocenters. The van der Waals surface area contributed by atoms with Gasteiger partial charge in [-0.05, 0) is 30.3 Å². The second-order valence-electron chi connectivity index (χ2n) is 4.99. The van der Waals surface area contributed by atoms with Gasteiger partial charge in [0.05, 0.1) is 32.5 Å². The number of fused-ring (bicyclic) bond motifs is 1. The van der Waals surface area contributed by atoms with E-state index in [1.54, 1.807) is 30.3 Å². The summed E-state index contributed by atoms with van der Waals surface area (Å²) in [7, 11) is 4.59. The van der Waals surface area contributed by atoms with Crippen molar-refractivity contribution >= 4 is 22.5 Å². The largest absolute Gasteiger partial charge is 0.493 e. The lowest BCUT2D eigenvalue weighted by Gasteiger charge is -2.14. The first kappa shape index (κ1) is 16.1. The van der Waals surface area contributed by atoms with Crippen molar-refractivity contribution in [2.75, 3.05) is 21.3 Å². The van der Waals surface area contributed by atoms with Crippen molar-refractivity contribution in [1.29, 1.82) is 0 Å². The Balaban J connectivity index is 2.35. The van der Waals surface area contributed by atoms with Gasteiger partial charge in [-0.25, -0.2) is 4.79 Å². The molecule has 1 heterocycles. The van der Waals surface area contributed by atoms with E-state index in [0.29, 0.717) is 39.0 Å². The molecule has 3 rings (SSSR count). The number of methoxy groups -OCH3 is 3. The Labute approximate surface area is 143 Å². The standard InChI is InChI=1S/C17H15ClN2O4/c1-22-13-6-9(7-14(23-2)16(13)24-3)15-11-8-10(18)4-5-12(11)19-17(21)20-15/h4-8H,1-3H3,(H,19,20,21). The van der Waals surface area contributed by atoms with Crippen molar-refractivity contribution < 1.29 is 14.2 Å². The van der Waals surface area contributed by atoms with Crippen LogP contribution in [0.15, 0.2) is 35.1 Å². The van der Waals surface area contributed by atoms with E-state index in [9.17, 15) is 4.79 Å². The molecule has 0 amide bonds. The normalized spacial score (nSPS) is 10.7. The van der Waals surface area contributed by atoms with Crippen LogP contribution >= 0.6 is 11.6 Å². The lowest BCUT2D eigenvalue weighted by Crippen LogP contribution is -2.11. The van der Waals surface area contributed by atoms with Crippen LogP contribution < -0.4 is 19.9 Å². The van der Waals surface area contributed by atoms with E-state index in [1.165, 1.54) is 21.3 Å². The van der Waals surface area contributed by atoms with Crippen LogP contribution in [0.25, 0.3) is 22.2 Å². The maximum Gasteiger partial charge on any atom is 0.345 e. The van der Waals surface area contributed by atoms with Crippen molar-refractivity contribution in [3.63, 3.8) is 0 Å². The fourth-order valence-corrected chi connectivity index (χ4v) is 2.74. The van der Waals surface area contributed by atoms with Crippen LogP contribution in [0.5, 0.6) is 17.2 Å². The first-order chi connectivity index (χ1) is 11.6. The summed E-state index contributed by atoms with van der Waals surface area (Å²) in [5.74, 6) is 1.42. The maximum absolute atomic E-state index is 11.9. The monoisotopic (exact) mass is 346 g/mol. The van der Waals surface area contributed by atoms with Crippen molar-refractivity contribution in [2.24, 2.45) is 0 Å². The smallest absolute Gasteiger partial charge is 0.345 e. The number of halogens is 1. The van der Waals surface area contributed by atoms with Crippen LogP contribution in [0.3, 0.4) is 0 Å². The van der Waals surface area contributed by atoms with Gasteiger partial charge in [-0.3, -0.25) is 0 Å². The Morgan fingerprint density at radius 3 is 2.25 bits per heavy atom. The van der Waals surface area contributed by atoms with Gasteiger partial charge >= 0.3 is 5.69 Å². The van der Waals surface area contributed by atoms with E-state index in [0.717, 1.165) is 5.39 Å². The average molecular weight is 347 g/mol. The van der Waals surface area contributed by atoms with E-state index in [2.05, 4.69) is 9.97 Å². The summed E-state index contributed by atoms with van der Waals surface area (Å²) in [4.78, 5) is 18.7. The van der Waals surface area contributed by atoms with E-state index < -0.39 is 5.69 Å². The third kappa shape index (κ3) is 2.76. The second-order valence-corrected chi connectivity index (χ2v) is 5.43. The Kier molecular flexibility index (Phi) is 4.31. The molecule has 3 aromatic rings. The van der Waals surface area contributed by atoms with Gasteiger partial charge in [0, 0.05) is 16.0 Å². The molecule has 0 fully saturated rings. The van der Waals surface area contributed by atoms with E-state index >= 15 is 0 Å². The number of benzene rings is 2. The highest BCUT2D eigenvalue weighted by Crippen LogP contribution is 2.41. The molecule has 0 aliphatic rings. The molecule has 1 N–H and O–H groups in total. The van der Waals surface area contributed by atoms with Crippen molar-refractivity contribution in [3.05, 3.63) is 45.8 Å². The first-order valence-electron chi connectivity index (χ1n) is 7.07. The van der Waals surface area contributed by atoms with Gasteiger partial charge in [-0.1, -0.05) is 11.6 Å². The van der Waals surface area contributed by atoms with Gasteiger partial charge in [0.25, 0.3) is 0 Å². The molecule has 0 spiro atoms. The first-order valence-corrected chi connectivity index (χ1v) is 7.45. The molecule has 6 nitrogen and oxygen atoms in total. The maximum atomic E-state index is 11.9. The Bertz CT molecular complexity index is 943. The van der Waals surface area contributed by atoms with Crippen molar-refractivity contribution in [2.45, 2.75) is 0 Å². The van der Waals surface area contributed by atoms with Crippen molar-refractivity contribution in [3.8, 4) is 28.5 Å². The van der Waals surface area contributed by atoms with Crippen LogP contribution in [0.1, 0.15) is 0 Å². The summed E-state index contributed by atoms with van der Waals surface area (Å²) in [6, 6.07) is 8.67. The molecular formula is C17H15ClN2O4. The molecule has 0 bridgehead atoms. The van der Waals surface area contributed by atoms with Gasteiger partial charge in [-0.15, -0.1) is 0 Å². The Morgan fingerprint density at radius 2 is 1.67 bits per heavy atom. The number of aromatic nitrogens is 2. The number of hydrogen-bond acceptors (Lipinski definition) is 5. The van der Waals surface area contributed by atoms with Gasteiger partial charge in [0.15, 0.2) is 11.5 Å². The molecule has 0 radical (unpaired) electrons. The van der Waals surface area contributed by atoms with E-state index in [1.807, 2.05) is 0 Å². The molecule has 0 aliphatic carbocycles. The highest BCUT2D eigenvalue weighted by molar-refractivity contribution is 6.31. The molecule has 1 aromatic heterocycles. The zero-order valence-corrected chi connectivity index (χ0v) is 14.1. The SMILES string of the molecule is COc1cc(-c2nc(=O)[nH]c3ccc(Cl)cc23)cc(OC)c1OC. The summed E-state index contributed by atoms with van der Waals surface area (Å²) in [5.41, 5.74) is 1.33. The average Bonchev–Trinajstić information content (AvgIpc) is 2.60. The Hall–Kier alpha value is -2.73. The van der Waals surface area contributed by atoms with Gasteiger partial charge in [0.2, 0.25) is 5.75 Å². The summed E-state index contributed by atoms with van der Waals surface area (Å²) >= 11 is 6.09. The number of aromatic amines is 1. The highest BCUT2D eigenvalue weighted by Gasteiger charge is 2.17. The van der Waals surface area contributed by atoms with Gasteiger partial charge < -0.3 is 19.2 Å². The van der Waals surface area contributed by atoms with Gasteiger partial charge in [0.1, 0.15) is 0 Å². The van der Waals surface area contributed by atoms with Crippen LogP contribution in [0, 0.1) is 0 Å². The summed E-state index contributed by atoms with van der Waals surface area (Å²) in [5, 5.41) is 1.27. The molecule has 0 atom stereocenters. The zero-order valence-electron chi connectivity index (χ0n) is 13.3. The molecule has 24 heavy (non-hydrogen) atoms. The predicted octanol–water partition coefficient (Wildman–Crippen LogP) is 3.27. The van der Waals surface area contributed by atoms with E-state index in [4.69, 9.17) is 25.8 Å². The van der Waals surface area contributed by atoms with Crippen LogP contribution in [-0.2, 0) is 0 Å². The molecule has 0 saturated heterocycles. The highest BCUT2D eigenvalue weighted by atomic mass is 35.5. The fourth-order valence-electron chi connectivity index (χ4n) is 2.56. The fraction of sp³-hybridized carbons (Fsp3) is 0.176. The molecule has 7 heteroatoms. The quantitative estimate of drug-likeness (QED) is 0.784. The summed E-state index contributed by atoms with van der Waals surface area (Å²) in [6.45, 7) is 0. The number of nitrogens with zero attached hydrogens (tertiary/aromatic N) is 1. The summed E-state index contributed by atoms with van der Waals surface area (Å²) < 4.78 is 16.0. The van der Waals surface area contributed by atoms with Crippen LogP contribution in [0.4, 0.5) is 0 Å². The zero-order chi connectivity index (χ0) is 17.3. The molecule has 0 aliphatic heterocycles. The summed E-state index contributed by atoms with van der Waals surface area (Å²) in [6.07, 6.45) is 0. The topological polar surface area (TPSA) is 73.4 Å². The predicted molar refractivity (Wildman–Crippen MR) is 92.5 cm³/mol. The number of rotatable bonds is 4. The third-order valence-electron chi connectivity index (χ3n) is 3.63. The van der Waals surface area contributed by atoms with Crippen LogP contribution in [0.2, 0.25) is 5.02 Å². The second kappa shape index (κ2) is 6.41. The lowest BCUT2D eigenvalue weighted by atomic mass is 10.1. The number of ether oxygens (including phenoxy) is 3. The van der Waals surface area contributed by atoms with E-state index in [-0.39, 0.29) is 0 Å². The Morgan fingerprint density at radius 1 is 1.00 bits per heavy atom.